The van der Waals surface area contributed by atoms with Crippen molar-refractivity contribution in [2.45, 2.75) is 56.9 Å². The molecule has 0 fully saturated rings. The van der Waals surface area contributed by atoms with E-state index in [4.69, 9.17) is 5.11 Å². The number of carbonyl (C=O) groups is 1. The van der Waals surface area contributed by atoms with Gasteiger partial charge < -0.3 is 5.11 Å². The Bertz CT molecular complexity index is 552. The minimum atomic E-state index is -3.78. The summed E-state index contributed by atoms with van der Waals surface area (Å²) in [7, 11) is -3.78. The second-order valence-corrected chi connectivity index (χ2v) is 6.85. The third-order valence-corrected chi connectivity index (χ3v) is 4.81. The number of carboxylic acid groups (broad SMARTS) is 1. The minimum absolute atomic E-state index is 0.0907. The van der Waals surface area contributed by atoms with E-state index < -0.39 is 22.0 Å². The van der Waals surface area contributed by atoms with Gasteiger partial charge in [0.15, 0.2) is 0 Å². The highest BCUT2D eigenvalue weighted by Gasteiger charge is 2.21. The molecule has 0 aromatic heterocycles. The molecule has 1 atom stereocenters. The number of hydrogen-bond acceptors (Lipinski definition) is 3. The lowest BCUT2D eigenvalue weighted by molar-refractivity contribution is -0.138. The van der Waals surface area contributed by atoms with E-state index in [1.54, 1.807) is 12.1 Å². The van der Waals surface area contributed by atoms with E-state index in [1.165, 1.54) is 38.3 Å². The predicted molar refractivity (Wildman–Crippen MR) is 81.7 cm³/mol. The molecule has 0 saturated heterocycles. The Labute approximate surface area is 126 Å². The van der Waals surface area contributed by atoms with Crippen molar-refractivity contribution in [1.82, 2.24) is 4.72 Å². The molecule has 0 radical (unpaired) electrons. The Kier molecular flexibility index (Phi) is 6.84. The predicted octanol–water partition coefficient (Wildman–Crippen LogP) is 2.56. The molecule has 0 spiro atoms. The molecule has 0 aliphatic heterocycles. The van der Waals surface area contributed by atoms with Crippen LogP contribution in [0.2, 0.25) is 0 Å². The Balaban J connectivity index is 2.66. The first-order valence-corrected chi connectivity index (χ1v) is 8.69. The summed E-state index contributed by atoms with van der Waals surface area (Å²) in [6, 6.07) is 5.46. The van der Waals surface area contributed by atoms with Gasteiger partial charge in [-0.3, -0.25) is 4.79 Å². The molecular weight excluding hydrogens is 290 g/mol. The summed E-state index contributed by atoms with van der Waals surface area (Å²) in [6.07, 6.45) is 5.59. The molecule has 5 nitrogen and oxygen atoms in total. The van der Waals surface area contributed by atoms with Gasteiger partial charge in [0.25, 0.3) is 0 Å². The molecule has 2 N–H and O–H groups in total. The Morgan fingerprint density at radius 1 is 1.19 bits per heavy atom. The van der Waals surface area contributed by atoms with Gasteiger partial charge in [0.05, 0.1) is 4.90 Å². The summed E-state index contributed by atoms with van der Waals surface area (Å²) >= 11 is 0. The molecule has 1 rings (SSSR count). The molecular formula is C15H23NO4S. The van der Waals surface area contributed by atoms with Crippen LogP contribution in [0, 0.1) is 0 Å². The van der Waals surface area contributed by atoms with E-state index in [2.05, 4.69) is 11.6 Å². The van der Waals surface area contributed by atoms with E-state index >= 15 is 0 Å². The van der Waals surface area contributed by atoms with Crippen LogP contribution >= 0.6 is 0 Å². The fourth-order valence-corrected chi connectivity index (χ4v) is 3.14. The van der Waals surface area contributed by atoms with Crippen molar-refractivity contribution in [3.8, 4) is 0 Å². The average molecular weight is 313 g/mol. The summed E-state index contributed by atoms with van der Waals surface area (Å²) in [6.45, 7) is 3.45. The van der Waals surface area contributed by atoms with Crippen LogP contribution in [-0.2, 0) is 21.2 Å². The maximum absolute atomic E-state index is 12.0. The van der Waals surface area contributed by atoms with Crippen LogP contribution in [0.5, 0.6) is 0 Å². The number of carboxylic acids is 1. The number of hydrogen-bond donors (Lipinski definition) is 2. The highest BCUT2D eigenvalue weighted by atomic mass is 32.2. The van der Waals surface area contributed by atoms with Gasteiger partial charge in [-0.15, -0.1) is 0 Å². The van der Waals surface area contributed by atoms with Crippen molar-refractivity contribution in [3.05, 3.63) is 29.8 Å². The second-order valence-electron chi connectivity index (χ2n) is 5.14. The number of aryl methyl sites for hydroxylation is 1. The van der Waals surface area contributed by atoms with E-state index in [-0.39, 0.29) is 4.90 Å². The smallest absolute Gasteiger partial charge is 0.321 e. The third-order valence-electron chi connectivity index (χ3n) is 3.26. The molecule has 0 bridgehead atoms. The van der Waals surface area contributed by atoms with Crippen molar-refractivity contribution in [3.63, 3.8) is 0 Å². The summed E-state index contributed by atoms with van der Waals surface area (Å²) < 4.78 is 26.1. The van der Waals surface area contributed by atoms with Crippen LogP contribution < -0.4 is 4.72 Å². The van der Waals surface area contributed by atoms with Crippen molar-refractivity contribution < 1.29 is 18.3 Å². The first kappa shape index (κ1) is 17.7. The molecule has 6 heteroatoms. The molecule has 0 aliphatic rings. The first-order valence-electron chi connectivity index (χ1n) is 7.21. The molecule has 0 heterocycles. The fourth-order valence-electron chi connectivity index (χ4n) is 1.94. The molecule has 0 amide bonds. The Morgan fingerprint density at radius 2 is 1.81 bits per heavy atom. The van der Waals surface area contributed by atoms with Crippen molar-refractivity contribution >= 4 is 16.0 Å². The third kappa shape index (κ3) is 5.85. The Hall–Kier alpha value is -1.40. The number of aliphatic carboxylic acids is 1. The van der Waals surface area contributed by atoms with Crippen LogP contribution in [0.4, 0.5) is 0 Å². The molecule has 0 aliphatic carbocycles. The molecule has 1 aromatic carbocycles. The highest BCUT2D eigenvalue weighted by molar-refractivity contribution is 7.89. The van der Waals surface area contributed by atoms with E-state index in [1.807, 2.05) is 0 Å². The van der Waals surface area contributed by atoms with Gasteiger partial charge in [-0.05, 0) is 37.5 Å². The highest BCUT2D eigenvalue weighted by Crippen LogP contribution is 2.13. The topological polar surface area (TPSA) is 83.5 Å². The molecule has 1 aromatic rings. The van der Waals surface area contributed by atoms with Gasteiger partial charge in [0, 0.05) is 0 Å². The van der Waals surface area contributed by atoms with Gasteiger partial charge in [-0.25, -0.2) is 8.42 Å². The lowest BCUT2D eigenvalue weighted by Gasteiger charge is -2.10. The maximum atomic E-state index is 12.0. The summed E-state index contributed by atoms with van der Waals surface area (Å²) in [4.78, 5) is 10.8. The number of benzene rings is 1. The van der Waals surface area contributed by atoms with Crippen molar-refractivity contribution in [1.29, 1.82) is 0 Å². The number of rotatable bonds is 9. The van der Waals surface area contributed by atoms with Crippen molar-refractivity contribution in [2.24, 2.45) is 0 Å². The molecule has 1 unspecified atom stereocenters. The minimum Gasteiger partial charge on any atom is -0.480 e. The number of sulfonamides is 1. The largest absolute Gasteiger partial charge is 0.480 e. The SMILES string of the molecule is CCCCCCc1ccc(S(=O)(=O)NC(C)C(=O)O)cc1. The number of nitrogens with one attached hydrogen (secondary N) is 1. The zero-order valence-electron chi connectivity index (χ0n) is 12.5. The number of unbranched alkanes of at least 4 members (excludes halogenated alkanes) is 3. The lowest BCUT2D eigenvalue weighted by atomic mass is 10.1. The normalized spacial score (nSPS) is 13.0. The van der Waals surface area contributed by atoms with Gasteiger partial charge >= 0.3 is 5.97 Å². The van der Waals surface area contributed by atoms with Crippen LogP contribution in [0.1, 0.15) is 45.1 Å². The summed E-state index contributed by atoms with van der Waals surface area (Å²) in [5.74, 6) is -1.20. The van der Waals surface area contributed by atoms with Crippen LogP contribution in [0.15, 0.2) is 29.2 Å². The summed E-state index contributed by atoms with van der Waals surface area (Å²) in [5.41, 5.74) is 1.09. The molecule has 21 heavy (non-hydrogen) atoms. The van der Waals surface area contributed by atoms with Crippen LogP contribution in [0.25, 0.3) is 0 Å². The first-order chi connectivity index (χ1) is 9.86. The molecule has 0 saturated carbocycles. The summed E-state index contributed by atoms with van der Waals surface area (Å²) in [5, 5.41) is 8.75. The standard InChI is InChI=1S/C15H23NO4S/c1-3-4-5-6-7-13-8-10-14(11-9-13)21(19,20)16-12(2)15(17)18/h8-12,16H,3-7H2,1-2H3,(H,17,18). The van der Waals surface area contributed by atoms with E-state index in [0.29, 0.717) is 0 Å². The zero-order chi connectivity index (χ0) is 15.9. The second kappa shape index (κ2) is 8.14. The van der Waals surface area contributed by atoms with E-state index in [0.717, 1.165) is 18.4 Å². The van der Waals surface area contributed by atoms with Crippen LogP contribution in [-0.4, -0.2) is 25.5 Å². The maximum Gasteiger partial charge on any atom is 0.321 e. The monoisotopic (exact) mass is 313 g/mol. The van der Waals surface area contributed by atoms with Gasteiger partial charge in [-0.2, -0.15) is 4.72 Å². The van der Waals surface area contributed by atoms with Gasteiger partial charge in [-0.1, -0.05) is 38.3 Å². The Morgan fingerprint density at radius 3 is 2.33 bits per heavy atom. The average Bonchev–Trinajstić information content (AvgIpc) is 2.43. The lowest BCUT2D eigenvalue weighted by Crippen LogP contribution is -2.38. The zero-order valence-corrected chi connectivity index (χ0v) is 13.3. The van der Waals surface area contributed by atoms with Gasteiger partial charge in [0.2, 0.25) is 10.0 Å². The van der Waals surface area contributed by atoms with Crippen LogP contribution in [0.3, 0.4) is 0 Å². The fraction of sp³-hybridized carbons (Fsp3) is 0.533. The van der Waals surface area contributed by atoms with E-state index in [9.17, 15) is 13.2 Å². The van der Waals surface area contributed by atoms with Crippen molar-refractivity contribution in [2.75, 3.05) is 0 Å². The quantitative estimate of drug-likeness (QED) is 0.686. The molecule has 118 valence electrons. The van der Waals surface area contributed by atoms with Gasteiger partial charge in [0.1, 0.15) is 6.04 Å².